The Labute approximate surface area is 113 Å². The smallest absolute Gasteiger partial charge is 0.251 e. The Morgan fingerprint density at radius 1 is 1.42 bits per heavy atom. The second-order valence-corrected chi connectivity index (χ2v) is 4.87. The van der Waals surface area contributed by atoms with Crippen LogP contribution in [0.2, 0.25) is 0 Å². The number of H-pyrrole nitrogens is 1. The highest BCUT2D eigenvalue weighted by Crippen LogP contribution is 2.23. The number of hydrogen-bond acceptors (Lipinski definition) is 5. The molecule has 0 aliphatic rings. The van der Waals surface area contributed by atoms with Crippen LogP contribution in [-0.4, -0.2) is 21.0 Å². The van der Waals surface area contributed by atoms with E-state index in [4.69, 9.17) is 10.9 Å². The molecule has 98 valence electrons. The van der Waals surface area contributed by atoms with Gasteiger partial charge in [0.25, 0.3) is 5.56 Å². The normalized spacial score (nSPS) is 11.5. The van der Waals surface area contributed by atoms with Crippen molar-refractivity contribution in [2.24, 2.45) is 10.9 Å². The Morgan fingerprint density at radius 2 is 2.11 bits per heavy atom. The summed E-state index contributed by atoms with van der Waals surface area (Å²) in [6.07, 6.45) is 0. The number of aromatic amines is 1. The molecule has 2 aromatic rings. The summed E-state index contributed by atoms with van der Waals surface area (Å²) in [4.78, 5) is 19.1. The predicted octanol–water partition coefficient (Wildman–Crippen LogP) is 1.32. The summed E-state index contributed by atoms with van der Waals surface area (Å²) < 4.78 is 0. The van der Waals surface area contributed by atoms with Crippen molar-refractivity contribution < 1.29 is 5.21 Å². The van der Waals surface area contributed by atoms with Gasteiger partial charge in [0.05, 0.1) is 0 Å². The van der Waals surface area contributed by atoms with E-state index in [1.165, 1.54) is 17.8 Å². The first kappa shape index (κ1) is 13.2. The van der Waals surface area contributed by atoms with Crippen molar-refractivity contribution in [3.8, 4) is 0 Å². The highest BCUT2D eigenvalue weighted by Gasteiger charge is 2.03. The van der Waals surface area contributed by atoms with Crippen LogP contribution in [0.25, 0.3) is 0 Å². The zero-order valence-corrected chi connectivity index (χ0v) is 10.9. The first-order valence-corrected chi connectivity index (χ1v) is 6.24. The van der Waals surface area contributed by atoms with Crippen LogP contribution >= 0.6 is 11.8 Å². The summed E-state index contributed by atoms with van der Waals surface area (Å²) in [5.74, 6) is 0.0543. The van der Waals surface area contributed by atoms with E-state index in [2.05, 4.69) is 15.1 Å². The molecule has 0 saturated heterocycles. The van der Waals surface area contributed by atoms with Gasteiger partial charge in [-0.05, 0) is 19.1 Å². The molecular formula is C12H12N4O2S. The third kappa shape index (κ3) is 3.35. The Hall–Kier alpha value is -2.28. The number of rotatable bonds is 3. The van der Waals surface area contributed by atoms with E-state index in [1.54, 1.807) is 31.2 Å². The minimum absolute atomic E-state index is 0.0543. The first-order chi connectivity index (χ1) is 9.08. The van der Waals surface area contributed by atoms with E-state index in [0.717, 1.165) is 4.90 Å². The molecule has 7 heteroatoms. The van der Waals surface area contributed by atoms with Gasteiger partial charge < -0.3 is 15.9 Å². The fourth-order valence-electron chi connectivity index (χ4n) is 1.46. The van der Waals surface area contributed by atoms with Crippen LogP contribution in [0.1, 0.15) is 11.3 Å². The molecule has 0 aliphatic heterocycles. The van der Waals surface area contributed by atoms with Crippen molar-refractivity contribution in [2.75, 3.05) is 0 Å². The molecule has 19 heavy (non-hydrogen) atoms. The quantitative estimate of drug-likeness (QED) is 0.258. The molecule has 0 bridgehead atoms. The highest BCUT2D eigenvalue weighted by atomic mass is 32.2. The number of nitrogens with one attached hydrogen (secondary N) is 1. The zero-order chi connectivity index (χ0) is 13.8. The third-order valence-corrected chi connectivity index (χ3v) is 3.21. The topological polar surface area (TPSA) is 104 Å². The lowest BCUT2D eigenvalue weighted by molar-refractivity contribution is 0.318. The number of aryl methyl sites for hydroxylation is 1. The van der Waals surface area contributed by atoms with Gasteiger partial charge in [-0.3, -0.25) is 4.79 Å². The molecule has 4 N–H and O–H groups in total. The molecular weight excluding hydrogens is 264 g/mol. The molecule has 0 fully saturated rings. The summed E-state index contributed by atoms with van der Waals surface area (Å²) in [5.41, 5.74) is 6.58. The van der Waals surface area contributed by atoms with Crippen LogP contribution in [-0.2, 0) is 0 Å². The summed E-state index contributed by atoms with van der Waals surface area (Å²) in [6.45, 7) is 1.76. The number of aromatic nitrogens is 2. The Kier molecular flexibility index (Phi) is 3.86. The van der Waals surface area contributed by atoms with Gasteiger partial charge in [-0.15, -0.1) is 0 Å². The van der Waals surface area contributed by atoms with Gasteiger partial charge >= 0.3 is 0 Å². The maximum Gasteiger partial charge on any atom is 0.251 e. The van der Waals surface area contributed by atoms with Crippen molar-refractivity contribution in [1.29, 1.82) is 0 Å². The maximum atomic E-state index is 11.3. The molecule has 1 aromatic carbocycles. The summed E-state index contributed by atoms with van der Waals surface area (Å²) in [6, 6.07) is 8.50. The van der Waals surface area contributed by atoms with Crippen LogP contribution in [0.4, 0.5) is 0 Å². The van der Waals surface area contributed by atoms with E-state index in [1.807, 2.05) is 0 Å². The molecule has 1 aromatic heterocycles. The monoisotopic (exact) mass is 276 g/mol. The van der Waals surface area contributed by atoms with Crippen LogP contribution < -0.4 is 11.3 Å². The van der Waals surface area contributed by atoms with E-state index in [-0.39, 0.29) is 11.4 Å². The van der Waals surface area contributed by atoms with Crippen LogP contribution in [0, 0.1) is 6.92 Å². The Morgan fingerprint density at radius 3 is 2.68 bits per heavy atom. The second kappa shape index (κ2) is 5.57. The SMILES string of the molecule is Cc1cc(=O)[nH]c(Sc2ccc(/C(N)=N/O)cc2)n1. The van der Waals surface area contributed by atoms with Crippen molar-refractivity contribution in [2.45, 2.75) is 17.0 Å². The number of hydrogen-bond donors (Lipinski definition) is 3. The molecule has 0 radical (unpaired) electrons. The maximum absolute atomic E-state index is 11.3. The van der Waals surface area contributed by atoms with Gasteiger partial charge in [-0.1, -0.05) is 29.1 Å². The lowest BCUT2D eigenvalue weighted by atomic mass is 10.2. The first-order valence-electron chi connectivity index (χ1n) is 5.42. The molecule has 0 unspecified atom stereocenters. The Bertz CT molecular complexity index is 664. The number of benzene rings is 1. The molecule has 1 heterocycles. The van der Waals surface area contributed by atoms with Gasteiger partial charge in [0.2, 0.25) is 0 Å². The van der Waals surface area contributed by atoms with E-state index < -0.39 is 0 Å². The molecule has 0 aliphatic carbocycles. The molecule has 2 rings (SSSR count). The van der Waals surface area contributed by atoms with Gasteiger partial charge in [0, 0.05) is 22.2 Å². The largest absolute Gasteiger partial charge is 0.409 e. The third-order valence-electron chi connectivity index (χ3n) is 2.32. The van der Waals surface area contributed by atoms with Crippen molar-refractivity contribution in [3.05, 3.63) is 51.9 Å². The fourth-order valence-corrected chi connectivity index (χ4v) is 2.30. The lowest BCUT2D eigenvalue weighted by Crippen LogP contribution is -2.12. The van der Waals surface area contributed by atoms with Gasteiger partial charge in [0.1, 0.15) is 0 Å². The predicted molar refractivity (Wildman–Crippen MR) is 72.7 cm³/mol. The van der Waals surface area contributed by atoms with Crippen LogP contribution in [0.5, 0.6) is 0 Å². The number of oxime groups is 1. The summed E-state index contributed by atoms with van der Waals surface area (Å²) in [5, 5.41) is 12.0. The average Bonchev–Trinajstić information content (AvgIpc) is 2.37. The summed E-state index contributed by atoms with van der Waals surface area (Å²) >= 11 is 1.33. The molecule has 0 amide bonds. The van der Waals surface area contributed by atoms with Crippen molar-refractivity contribution in [1.82, 2.24) is 9.97 Å². The molecule has 0 spiro atoms. The lowest BCUT2D eigenvalue weighted by Gasteiger charge is -2.03. The number of amidine groups is 1. The second-order valence-electron chi connectivity index (χ2n) is 3.80. The van der Waals surface area contributed by atoms with Crippen molar-refractivity contribution in [3.63, 3.8) is 0 Å². The highest BCUT2D eigenvalue weighted by molar-refractivity contribution is 7.99. The van der Waals surface area contributed by atoms with E-state index >= 15 is 0 Å². The minimum atomic E-state index is -0.178. The van der Waals surface area contributed by atoms with Crippen LogP contribution in [0.3, 0.4) is 0 Å². The molecule has 0 saturated carbocycles. The average molecular weight is 276 g/mol. The molecule has 6 nitrogen and oxygen atoms in total. The standard InChI is InChI=1S/C12H12N4O2S/c1-7-6-10(17)15-12(14-7)19-9-4-2-8(3-5-9)11(13)16-18/h2-6,18H,1H3,(H2,13,16)(H,14,15,17). The van der Waals surface area contributed by atoms with Crippen LogP contribution in [0.15, 0.2) is 50.3 Å². The van der Waals surface area contributed by atoms with E-state index in [9.17, 15) is 4.79 Å². The Balaban J connectivity index is 2.22. The van der Waals surface area contributed by atoms with E-state index in [0.29, 0.717) is 16.4 Å². The van der Waals surface area contributed by atoms with Gasteiger partial charge in [0.15, 0.2) is 11.0 Å². The minimum Gasteiger partial charge on any atom is -0.409 e. The van der Waals surface area contributed by atoms with Gasteiger partial charge in [-0.2, -0.15) is 0 Å². The number of nitrogens with zero attached hydrogens (tertiary/aromatic N) is 2. The van der Waals surface area contributed by atoms with Gasteiger partial charge in [-0.25, -0.2) is 4.98 Å². The molecule has 0 atom stereocenters. The van der Waals surface area contributed by atoms with Crippen molar-refractivity contribution >= 4 is 17.6 Å². The number of nitrogens with two attached hydrogens (primary N) is 1. The fraction of sp³-hybridized carbons (Fsp3) is 0.0833. The summed E-state index contributed by atoms with van der Waals surface area (Å²) in [7, 11) is 0. The zero-order valence-electron chi connectivity index (χ0n) is 10.1.